The number of hydrogen-bond donors (Lipinski definition) is 0. The Morgan fingerprint density at radius 2 is 0.833 bits per heavy atom. The molecule has 9 rings (SSSR count). The fraction of sp³-hybridized carbons (Fsp3) is 0. The maximum Gasteiger partial charge on any atom is 0.0640 e. The molecule has 0 N–H and O–H groups in total. The largest absolute Gasteiger partial charge is 0.308 e. The highest BCUT2D eigenvalue weighted by Crippen LogP contribution is 2.47. The number of nitrogens with zero attached hydrogens (tertiary/aromatic N) is 1. The van der Waals surface area contributed by atoms with Crippen LogP contribution in [-0.4, -0.2) is 0 Å². The van der Waals surface area contributed by atoms with E-state index < -0.39 is 0 Å². The fourth-order valence-electron chi connectivity index (χ4n) is 6.87. The van der Waals surface area contributed by atoms with Crippen molar-refractivity contribution in [3.05, 3.63) is 188 Å². The molecule has 0 spiro atoms. The Morgan fingerprint density at radius 1 is 0.333 bits per heavy atom. The Labute approximate surface area is 284 Å². The molecule has 0 aliphatic rings. The van der Waals surface area contributed by atoms with E-state index in [9.17, 15) is 0 Å². The van der Waals surface area contributed by atoms with Crippen molar-refractivity contribution in [2.45, 2.75) is 0 Å². The second-order valence-electron chi connectivity index (χ2n) is 12.2. The number of fused-ring (bicyclic) bond motifs is 4. The average Bonchev–Trinajstić information content (AvgIpc) is 3.55. The van der Waals surface area contributed by atoms with Gasteiger partial charge in [0.1, 0.15) is 0 Å². The second-order valence-corrected chi connectivity index (χ2v) is 13.2. The molecule has 0 saturated carbocycles. The van der Waals surface area contributed by atoms with Crippen molar-refractivity contribution >= 4 is 59.3 Å². The number of hydrogen-bond acceptors (Lipinski definition) is 2. The molecule has 1 aromatic heterocycles. The molecular formula is C46H31NS. The zero-order chi connectivity index (χ0) is 31.9. The van der Waals surface area contributed by atoms with Crippen LogP contribution in [-0.2, 0) is 0 Å². The van der Waals surface area contributed by atoms with Crippen LogP contribution in [0.5, 0.6) is 0 Å². The van der Waals surface area contributed by atoms with Crippen LogP contribution < -0.4 is 4.90 Å². The lowest BCUT2D eigenvalue weighted by Gasteiger charge is -2.27. The highest BCUT2D eigenvalue weighted by Gasteiger charge is 2.20. The van der Waals surface area contributed by atoms with Gasteiger partial charge in [-0.1, -0.05) is 152 Å². The Kier molecular flexibility index (Phi) is 7.07. The topological polar surface area (TPSA) is 3.24 Å². The molecule has 0 atom stereocenters. The zero-order valence-corrected chi connectivity index (χ0v) is 27.1. The molecule has 48 heavy (non-hydrogen) atoms. The van der Waals surface area contributed by atoms with Gasteiger partial charge in [0.2, 0.25) is 0 Å². The van der Waals surface area contributed by atoms with Gasteiger partial charge >= 0.3 is 0 Å². The fourth-order valence-corrected chi connectivity index (χ4v) is 8.06. The maximum atomic E-state index is 2.44. The summed E-state index contributed by atoms with van der Waals surface area (Å²) in [6.45, 7) is 0. The predicted octanol–water partition coefficient (Wildman–Crippen LogP) is 13.7. The summed E-state index contributed by atoms with van der Waals surface area (Å²) in [6.07, 6.45) is 0. The van der Waals surface area contributed by atoms with Gasteiger partial charge < -0.3 is 4.90 Å². The van der Waals surface area contributed by atoms with Gasteiger partial charge in [-0.3, -0.25) is 0 Å². The summed E-state index contributed by atoms with van der Waals surface area (Å²) in [4.78, 5) is 2.44. The highest BCUT2D eigenvalue weighted by molar-refractivity contribution is 7.26. The molecule has 226 valence electrons. The summed E-state index contributed by atoms with van der Waals surface area (Å²) in [5, 5.41) is 5.03. The number of benzene rings is 8. The smallest absolute Gasteiger partial charge is 0.0640 e. The van der Waals surface area contributed by atoms with Crippen LogP contribution in [0.3, 0.4) is 0 Å². The molecule has 0 aliphatic carbocycles. The molecule has 0 bridgehead atoms. The molecule has 9 aromatic rings. The van der Waals surface area contributed by atoms with E-state index in [2.05, 4.69) is 193 Å². The van der Waals surface area contributed by atoms with Crippen LogP contribution in [0.15, 0.2) is 188 Å². The van der Waals surface area contributed by atoms with Crippen LogP contribution in [0, 0.1) is 0 Å². The van der Waals surface area contributed by atoms with Crippen LogP contribution >= 0.6 is 11.3 Å². The van der Waals surface area contributed by atoms with E-state index in [-0.39, 0.29) is 0 Å². The van der Waals surface area contributed by atoms with Gasteiger partial charge in [-0.15, -0.1) is 11.3 Å². The van der Waals surface area contributed by atoms with Crippen molar-refractivity contribution in [3.8, 4) is 33.4 Å². The van der Waals surface area contributed by atoms with Gasteiger partial charge in [0.15, 0.2) is 0 Å². The van der Waals surface area contributed by atoms with Crippen molar-refractivity contribution in [3.63, 3.8) is 0 Å². The Morgan fingerprint density at radius 3 is 1.54 bits per heavy atom. The molecule has 0 unspecified atom stereocenters. The summed E-state index contributed by atoms with van der Waals surface area (Å²) in [5.74, 6) is 0. The van der Waals surface area contributed by atoms with Gasteiger partial charge in [0, 0.05) is 26.5 Å². The predicted molar refractivity (Wildman–Crippen MR) is 208 cm³/mol. The Balaban J connectivity index is 1.18. The normalized spacial score (nSPS) is 11.3. The Bertz CT molecular complexity index is 2530. The van der Waals surface area contributed by atoms with Crippen LogP contribution in [0.4, 0.5) is 17.1 Å². The van der Waals surface area contributed by atoms with Crippen molar-refractivity contribution < 1.29 is 0 Å². The monoisotopic (exact) mass is 629 g/mol. The summed E-state index contributed by atoms with van der Waals surface area (Å²) in [5.41, 5.74) is 10.8. The van der Waals surface area contributed by atoms with Crippen LogP contribution in [0.25, 0.3) is 64.3 Å². The lowest BCUT2D eigenvalue weighted by atomic mass is 10.00. The first kappa shape index (κ1) is 28.3. The molecule has 0 saturated heterocycles. The lowest BCUT2D eigenvalue weighted by molar-refractivity contribution is 1.32. The molecule has 0 amide bonds. The molecule has 0 aliphatic heterocycles. The maximum absolute atomic E-state index is 2.44. The standard InChI is InChI=1S/C46H31NS/c1-3-11-32(12-4-1)34-21-23-35(24-22-34)36-25-28-39(29-26-36)47(43-19-9-16-37-15-7-8-17-40(37)43)44-20-10-18-41-42-31-38(33-13-5-2-6-14-33)27-30-45(42)48-46(41)44/h1-31H. The minimum Gasteiger partial charge on any atom is -0.308 e. The summed E-state index contributed by atoms with van der Waals surface area (Å²) in [7, 11) is 0. The minimum atomic E-state index is 1.13. The van der Waals surface area contributed by atoms with E-state index in [1.165, 1.54) is 75.7 Å². The zero-order valence-electron chi connectivity index (χ0n) is 26.3. The highest BCUT2D eigenvalue weighted by atomic mass is 32.1. The molecule has 1 heterocycles. The van der Waals surface area contributed by atoms with E-state index in [4.69, 9.17) is 0 Å². The minimum absolute atomic E-state index is 1.13. The molecule has 1 nitrogen and oxygen atoms in total. The van der Waals surface area contributed by atoms with Gasteiger partial charge in [0.25, 0.3) is 0 Å². The summed E-state index contributed by atoms with van der Waals surface area (Å²) >= 11 is 1.87. The Hall–Kier alpha value is -5.96. The summed E-state index contributed by atoms with van der Waals surface area (Å²) < 4.78 is 2.58. The average molecular weight is 630 g/mol. The first-order chi connectivity index (χ1) is 23.8. The molecule has 8 aromatic carbocycles. The van der Waals surface area contributed by atoms with Gasteiger partial charge in [-0.2, -0.15) is 0 Å². The van der Waals surface area contributed by atoms with Crippen molar-refractivity contribution in [2.24, 2.45) is 0 Å². The van der Waals surface area contributed by atoms with E-state index in [0.29, 0.717) is 0 Å². The first-order valence-corrected chi connectivity index (χ1v) is 17.2. The van der Waals surface area contributed by atoms with E-state index in [1.807, 2.05) is 11.3 Å². The van der Waals surface area contributed by atoms with Gasteiger partial charge in [-0.25, -0.2) is 0 Å². The van der Waals surface area contributed by atoms with Crippen molar-refractivity contribution in [2.75, 3.05) is 4.90 Å². The lowest BCUT2D eigenvalue weighted by Crippen LogP contribution is -2.10. The van der Waals surface area contributed by atoms with Crippen molar-refractivity contribution in [1.29, 1.82) is 0 Å². The second kappa shape index (κ2) is 12.0. The SMILES string of the molecule is c1ccc(-c2ccc(-c3ccc(N(c4cccc5ccccc45)c4cccc5c4sc4ccc(-c6ccccc6)cc45)cc3)cc2)cc1. The van der Waals surface area contributed by atoms with Crippen LogP contribution in [0.1, 0.15) is 0 Å². The third-order valence-electron chi connectivity index (χ3n) is 9.28. The molecule has 0 radical (unpaired) electrons. The van der Waals surface area contributed by atoms with Crippen LogP contribution in [0.2, 0.25) is 0 Å². The first-order valence-electron chi connectivity index (χ1n) is 16.3. The quantitative estimate of drug-likeness (QED) is 0.177. The third kappa shape index (κ3) is 5.04. The third-order valence-corrected chi connectivity index (χ3v) is 10.5. The molecule has 0 fully saturated rings. The van der Waals surface area contributed by atoms with Crippen molar-refractivity contribution in [1.82, 2.24) is 0 Å². The van der Waals surface area contributed by atoms with E-state index in [0.717, 1.165) is 5.69 Å². The number of thiophene rings is 1. The number of anilines is 3. The van der Waals surface area contributed by atoms with E-state index >= 15 is 0 Å². The molecule has 2 heteroatoms. The van der Waals surface area contributed by atoms with E-state index in [1.54, 1.807) is 0 Å². The number of rotatable bonds is 6. The van der Waals surface area contributed by atoms with Gasteiger partial charge in [0.05, 0.1) is 16.1 Å². The van der Waals surface area contributed by atoms with Gasteiger partial charge in [-0.05, 0) is 75.2 Å². The molecular weight excluding hydrogens is 599 g/mol. The summed E-state index contributed by atoms with van der Waals surface area (Å²) in [6, 6.07) is 68.1.